The number of benzene rings is 2. The van der Waals surface area contributed by atoms with Gasteiger partial charge in [0, 0.05) is 11.4 Å². The average molecular weight is 383 g/mol. The summed E-state index contributed by atoms with van der Waals surface area (Å²) in [6, 6.07) is 16.6. The van der Waals surface area contributed by atoms with E-state index in [0.717, 1.165) is 11.3 Å². The average Bonchev–Trinajstić information content (AvgIpc) is 3.18. The highest BCUT2D eigenvalue weighted by atomic mass is 32.1. The molecule has 1 atom stereocenters. The van der Waals surface area contributed by atoms with Crippen LogP contribution in [0.1, 0.15) is 29.1 Å². The molecule has 0 aliphatic rings. The smallest absolute Gasteiger partial charge is 0.291 e. The van der Waals surface area contributed by atoms with Crippen molar-refractivity contribution in [1.29, 1.82) is 0 Å². The highest BCUT2D eigenvalue weighted by Gasteiger charge is 2.09. The molecule has 0 bridgehead atoms. The van der Waals surface area contributed by atoms with Crippen LogP contribution in [-0.4, -0.2) is 11.0 Å². The Balaban J connectivity index is 1.53. The van der Waals surface area contributed by atoms with Crippen molar-refractivity contribution in [3.63, 3.8) is 0 Å². The lowest BCUT2D eigenvalue weighted by atomic mass is 10.1. The third-order valence-electron chi connectivity index (χ3n) is 3.86. The second-order valence-corrected chi connectivity index (χ2v) is 6.29. The molecule has 3 aromatic rings. The standard InChI is InChI=1S/C20H18FN3O2S/c1-13(14-4-6-15(21)7-5-14)22-20(27)24-17-10-8-16(9-11-17)23-19(25)18-3-2-12-26-18/h2-13H,1H3,(H,23,25)(H2,22,24,27). The van der Waals surface area contributed by atoms with Crippen LogP contribution in [-0.2, 0) is 0 Å². The summed E-state index contributed by atoms with van der Waals surface area (Å²) in [6.45, 7) is 1.94. The first kappa shape index (κ1) is 18.6. The summed E-state index contributed by atoms with van der Waals surface area (Å²) in [5, 5.41) is 9.41. The minimum absolute atomic E-state index is 0.0718. The van der Waals surface area contributed by atoms with E-state index in [1.54, 1.807) is 48.5 Å². The molecule has 1 heterocycles. The zero-order valence-electron chi connectivity index (χ0n) is 14.5. The molecule has 0 spiro atoms. The fourth-order valence-electron chi connectivity index (χ4n) is 2.44. The van der Waals surface area contributed by atoms with Crippen LogP contribution < -0.4 is 16.0 Å². The maximum absolute atomic E-state index is 13.0. The van der Waals surface area contributed by atoms with Crippen LogP contribution in [0.15, 0.2) is 71.3 Å². The van der Waals surface area contributed by atoms with Crippen molar-refractivity contribution < 1.29 is 13.6 Å². The molecule has 1 amide bonds. The van der Waals surface area contributed by atoms with Crippen molar-refractivity contribution in [2.24, 2.45) is 0 Å². The van der Waals surface area contributed by atoms with Gasteiger partial charge in [-0.3, -0.25) is 4.79 Å². The third-order valence-corrected chi connectivity index (χ3v) is 4.08. The second-order valence-electron chi connectivity index (χ2n) is 5.88. The number of anilines is 2. The number of carbonyl (C=O) groups excluding carboxylic acids is 1. The summed E-state index contributed by atoms with van der Waals surface area (Å²) in [5.41, 5.74) is 2.34. The van der Waals surface area contributed by atoms with E-state index >= 15 is 0 Å². The van der Waals surface area contributed by atoms with Crippen LogP contribution in [0.5, 0.6) is 0 Å². The summed E-state index contributed by atoms with van der Waals surface area (Å²) < 4.78 is 18.1. The number of amides is 1. The van der Waals surface area contributed by atoms with E-state index in [1.807, 2.05) is 6.92 Å². The van der Waals surface area contributed by atoms with Crippen molar-refractivity contribution in [2.45, 2.75) is 13.0 Å². The van der Waals surface area contributed by atoms with Crippen molar-refractivity contribution >= 4 is 34.6 Å². The van der Waals surface area contributed by atoms with Crippen LogP contribution >= 0.6 is 12.2 Å². The maximum atomic E-state index is 13.0. The van der Waals surface area contributed by atoms with Gasteiger partial charge in [0.05, 0.1) is 12.3 Å². The topological polar surface area (TPSA) is 66.3 Å². The Morgan fingerprint density at radius 2 is 1.63 bits per heavy atom. The number of hydrogen-bond donors (Lipinski definition) is 3. The fraction of sp³-hybridized carbons (Fsp3) is 0.100. The van der Waals surface area contributed by atoms with Gasteiger partial charge in [-0.1, -0.05) is 12.1 Å². The van der Waals surface area contributed by atoms with E-state index < -0.39 is 0 Å². The predicted molar refractivity (Wildman–Crippen MR) is 107 cm³/mol. The summed E-state index contributed by atoms with van der Waals surface area (Å²) in [6.07, 6.45) is 1.45. The van der Waals surface area contributed by atoms with Crippen molar-refractivity contribution in [2.75, 3.05) is 10.6 Å². The Labute approximate surface area is 161 Å². The zero-order chi connectivity index (χ0) is 19.2. The molecule has 0 fully saturated rings. The first-order chi connectivity index (χ1) is 13.0. The number of thiocarbonyl (C=S) groups is 1. The van der Waals surface area contributed by atoms with Gasteiger partial charge in [0.25, 0.3) is 5.91 Å². The number of hydrogen-bond acceptors (Lipinski definition) is 3. The quantitative estimate of drug-likeness (QED) is 0.557. The monoisotopic (exact) mass is 383 g/mol. The number of furan rings is 1. The molecule has 3 rings (SSSR count). The van der Waals surface area contributed by atoms with Gasteiger partial charge >= 0.3 is 0 Å². The Morgan fingerprint density at radius 1 is 1.00 bits per heavy atom. The molecule has 3 N–H and O–H groups in total. The van der Waals surface area contributed by atoms with E-state index in [4.69, 9.17) is 16.6 Å². The van der Waals surface area contributed by atoms with Gasteiger partial charge in [-0.2, -0.15) is 0 Å². The van der Waals surface area contributed by atoms with E-state index in [9.17, 15) is 9.18 Å². The van der Waals surface area contributed by atoms with Crippen LogP contribution in [0.25, 0.3) is 0 Å². The number of carbonyl (C=O) groups is 1. The van der Waals surface area contributed by atoms with Gasteiger partial charge in [-0.15, -0.1) is 0 Å². The Morgan fingerprint density at radius 3 is 2.22 bits per heavy atom. The van der Waals surface area contributed by atoms with Crippen molar-refractivity contribution in [1.82, 2.24) is 5.32 Å². The van der Waals surface area contributed by atoms with Crippen LogP contribution in [0.4, 0.5) is 15.8 Å². The van der Waals surface area contributed by atoms with Gasteiger partial charge in [0.1, 0.15) is 5.82 Å². The van der Waals surface area contributed by atoms with E-state index in [2.05, 4.69) is 16.0 Å². The summed E-state index contributed by atoms with van der Waals surface area (Å²) >= 11 is 5.32. The van der Waals surface area contributed by atoms with Crippen LogP contribution in [0, 0.1) is 5.82 Å². The predicted octanol–water partition coefficient (Wildman–Crippen LogP) is 4.72. The Hall–Kier alpha value is -3.19. The van der Waals surface area contributed by atoms with E-state index in [1.165, 1.54) is 18.4 Å². The first-order valence-electron chi connectivity index (χ1n) is 8.29. The lowest BCUT2D eigenvalue weighted by Gasteiger charge is -2.17. The SMILES string of the molecule is CC(NC(=S)Nc1ccc(NC(=O)c2ccco2)cc1)c1ccc(F)cc1. The molecular formula is C20H18FN3O2S. The minimum atomic E-state index is -0.314. The molecule has 0 radical (unpaired) electrons. The molecule has 0 aliphatic carbocycles. The van der Waals surface area contributed by atoms with Gasteiger partial charge in [0.15, 0.2) is 10.9 Å². The lowest BCUT2D eigenvalue weighted by Crippen LogP contribution is -2.30. The zero-order valence-corrected chi connectivity index (χ0v) is 15.3. The van der Waals surface area contributed by atoms with Gasteiger partial charge in [-0.05, 0) is 73.2 Å². The summed E-state index contributed by atoms with van der Waals surface area (Å²) in [4.78, 5) is 11.9. The molecule has 5 nitrogen and oxygen atoms in total. The van der Waals surface area contributed by atoms with Gasteiger partial charge in [0.2, 0.25) is 0 Å². The minimum Gasteiger partial charge on any atom is -0.459 e. The molecule has 27 heavy (non-hydrogen) atoms. The normalized spacial score (nSPS) is 11.5. The number of halogens is 1. The number of nitrogens with one attached hydrogen (secondary N) is 3. The molecule has 0 saturated carbocycles. The number of rotatable bonds is 5. The summed E-state index contributed by atoms with van der Waals surface area (Å²) in [5.74, 6) is -0.339. The summed E-state index contributed by atoms with van der Waals surface area (Å²) in [7, 11) is 0. The fourth-order valence-corrected chi connectivity index (χ4v) is 2.73. The highest BCUT2D eigenvalue weighted by molar-refractivity contribution is 7.80. The van der Waals surface area contributed by atoms with Gasteiger partial charge < -0.3 is 20.4 Å². The van der Waals surface area contributed by atoms with Crippen LogP contribution in [0.2, 0.25) is 0 Å². The maximum Gasteiger partial charge on any atom is 0.291 e. The molecule has 1 unspecified atom stereocenters. The van der Waals surface area contributed by atoms with E-state index in [0.29, 0.717) is 10.8 Å². The molecule has 0 aliphatic heterocycles. The molecule has 0 saturated heterocycles. The van der Waals surface area contributed by atoms with Gasteiger partial charge in [-0.25, -0.2) is 4.39 Å². The molecule has 2 aromatic carbocycles. The third kappa shape index (κ3) is 5.15. The van der Waals surface area contributed by atoms with Crippen molar-refractivity contribution in [3.05, 3.63) is 84.1 Å². The second kappa shape index (κ2) is 8.46. The van der Waals surface area contributed by atoms with Crippen molar-refractivity contribution in [3.8, 4) is 0 Å². The Bertz CT molecular complexity index is 909. The first-order valence-corrected chi connectivity index (χ1v) is 8.70. The largest absolute Gasteiger partial charge is 0.459 e. The van der Waals surface area contributed by atoms with E-state index in [-0.39, 0.29) is 23.5 Å². The molecule has 1 aromatic heterocycles. The molecule has 7 heteroatoms. The highest BCUT2D eigenvalue weighted by Crippen LogP contribution is 2.16. The molecule has 138 valence electrons. The Kier molecular flexibility index (Phi) is 5.83. The lowest BCUT2D eigenvalue weighted by molar-refractivity contribution is 0.0996. The van der Waals surface area contributed by atoms with Crippen LogP contribution in [0.3, 0.4) is 0 Å². The molecular weight excluding hydrogens is 365 g/mol.